The highest BCUT2D eigenvalue weighted by Crippen LogP contribution is 2.18. The molecule has 0 aliphatic heterocycles. The summed E-state index contributed by atoms with van der Waals surface area (Å²) >= 11 is 0. The second-order valence-electron chi connectivity index (χ2n) is 3.35. The van der Waals surface area contributed by atoms with E-state index in [0.717, 1.165) is 17.6 Å². The van der Waals surface area contributed by atoms with Crippen LogP contribution in [0.3, 0.4) is 0 Å². The predicted octanol–water partition coefficient (Wildman–Crippen LogP) is 3.77. The Morgan fingerprint density at radius 1 is 1.38 bits per heavy atom. The topological polar surface area (TPSA) is 20.2 Å². The molecule has 0 aliphatic rings. The minimum absolute atomic E-state index is 0.125. The van der Waals surface area contributed by atoms with Gasteiger partial charge in [-0.2, -0.15) is 0 Å². The van der Waals surface area contributed by atoms with Crippen molar-refractivity contribution < 1.29 is 5.11 Å². The zero-order valence-electron chi connectivity index (χ0n) is 8.51. The van der Waals surface area contributed by atoms with Crippen LogP contribution in [0.4, 0.5) is 0 Å². The molecule has 0 aromatic rings. The van der Waals surface area contributed by atoms with E-state index in [4.69, 9.17) is 0 Å². The predicted molar refractivity (Wildman–Crippen MR) is 58.6 cm³/mol. The van der Waals surface area contributed by atoms with Crippen LogP contribution in [0, 0.1) is 5.92 Å². The van der Waals surface area contributed by atoms with E-state index >= 15 is 0 Å². The Hall–Kier alpha value is -1.24. The Morgan fingerprint density at radius 3 is 2.23 bits per heavy atom. The minimum atomic E-state index is 0.125. The van der Waals surface area contributed by atoms with Gasteiger partial charge in [0.2, 0.25) is 0 Å². The molecule has 1 heteroatoms. The lowest BCUT2D eigenvalue weighted by Crippen LogP contribution is -1.97. The molecule has 0 amide bonds. The maximum absolute atomic E-state index is 9.27. The van der Waals surface area contributed by atoms with Crippen molar-refractivity contribution in [3.05, 3.63) is 48.8 Å². The fourth-order valence-corrected chi connectivity index (χ4v) is 1.05. The average molecular weight is 178 g/mol. The van der Waals surface area contributed by atoms with Crippen molar-refractivity contribution in [1.82, 2.24) is 0 Å². The van der Waals surface area contributed by atoms with Gasteiger partial charge < -0.3 is 5.11 Å². The third-order valence-corrected chi connectivity index (χ3v) is 1.72. The molecule has 0 saturated heterocycles. The maximum Gasteiger partial charge on any atom is 0.111 e. The van der Waals surface area contributed by atoms with Crippen molar-refractivity contribution >= 4 is 0 Å². The Balaban J connectivity index is 4.62. The third kappa shape index (κ3) is 4.36. The number of rotatable bonds is 5. The third-order valence-electron chi connectivity index (χ3n) is 1.72. The molecule has 0 spiro atoms. The van der Waals surface area contributed by atoms with Crippen LogP contribution < -0.4 is 0 Å². The second-order valence-corrected chi connectivity index (χ2v) is 3.35. The Labute approximate surface area is 80.8 Å². The van der Waals surface area contributed by atoms with E-state index < -0.39 is 0 Å². The van der Waals surface area contributed by atoms with E-state index in [2.05, 4.69) is 19.7 Å². The summed E-state index contributed by atoms with van der Waals surface area (Å²) in [5, 5.41) is 9.27. The quantitative estimate of drug-likeness (QED) is 0.386. The molecule has 1 nitrogen and oxygen atoms in total. The molecular formula is C12H18O. The molecule has 0 aromatic carbocycles. The van der Waals surface area contributed by atoms with Crippen LogP contribution in [0.25, 0.3) is 0 Å². The van der Waals surface area contributed by atoms with Crippen LogP contribution in [0.2, 0.25) is 0 Å². The van der Waals surface area contributed by atoms with Crippen molar-refractivity contribution in [3.8, 4) is 0 Å². The molecule has 0 heterocycles. The van der Waals surface area contributed by atoms with Gasteiger partial charge in [-0.3, -0.25) is 0 Å². The highest BCUT2D eigenvalue weighted by molar-refractivity contribution is 5.32. The van der Waals surface area contributed by atoms with Crippen molar-refractivity contribution in [2.24, 2.45) is 5.92 Å². The number of hydrogen-bond acceptors (Lipinski definition) is 1. The van der Waals surface area contributed by atoms with Crippen LogP contribution in [-0.4, -0.2) is 5.11 Å². The fraction of sp³-hybridized carbons (Fsp3) is 0.333. The first-order valence-electron chi connectivity index (χ1n) is 4.37. The van der Waals surface area contributed by atoms with Gasteiger partial charge in [-0.15, -0.1) is 6.58 Å². The molecule has 1 N–H and O–H groups in total. The van der Waals surface area contributed by atoms with Gasteiger partial charge in [0.1, 0.15) is 5.76 Å². The van der Waals surface area contributed by atoms with E-state index in [-0.39, 0.29) is 11.7 Å². The molecule has 0 radical (unpaired) electrons. The summed E-state index contributed by atoms with van der Waals surface area (Å²) in [4.78, 5) is 0. The molecule has 0 aromatic heterocycles. The van der Waals surface area contributed by atoms with Gasteiger partial charge in [0.15, 0.2) is 0 Å². The summed E-state index contributed by atoms with van der Waals surface area (Å²) in [6.07, 6.45) is 4.40. The first kappa shape index (κ1) is 11.8. The van der Waals surface area contributed by atoms with Gasteiger partial charge in [0, 0.05) is 0 Å². The summed E-state index contributed by atoms with van der Waals surface area (Å²) in [7, 11) is 0. The SMILES string of the molecule is C=CCC(=C)/C=C(\C(=C)O)C(C)C. The van der Waals surface area contributed by atoms with Crippen molar-refractivity contribution in [1.29, 1.82) is 0 Å². The molecule has 0 fully saturated rings. The van der Waals surface area contributed by atoms with Gasteiger partial charge in [0.05, 0.1) is 0 Å². The van der Waals surface area contributed by atoms with Gasteiger partial charge in [0.25, 0.3) is 0 Å². The monoisotopic (exact) mass is 178 g/mol. The number of allylic oxidation sites excluding steroid dienone is 4. The molecule has 0 aliphatic carbocycles. The van der Waals surface area contributed by atoms with Crippen molar-refractivity contribution in [3.63, 3.8) is 0 Å². The van der Waals surface area contributed by atoms with E-state index in [1.165, 1.54) is 0 Å². The first-order valence-corrected chi connectivity index (χ1v) is 4.37. The maximum atomic E-state index is 9.27. The van der Waals surface area contributed by atoms with E-state index in [1.807, 2.05) is 19.9 Å². The standard InChI is InChI=1S/C12H18O/c1-6-7-10(4)8-12(9(2)3)11(5)13/h6,8-9,13H,1,4-5,7H2,2-3H3/b12-8-. The molecule has 0 saturated carbocycles. The van der Waals surface area contributed by atoms with Gasteiger partial charge in [-0.05, 0) is 17.9 Å². The zero-order chi connectivity index (χ0) is 10.4. The zero-order valence-corrected chi connectivity index (χ0v) is 8.51. The van der Waals surface area contributed by atoms with Gasteiger partial charge in [-0.25, -0.2) is 0 Å². The van der Waals surface area contributed by atoms with Crippen LogP contribution in [0.5, 0.6) is 0 Å². The molecular weight excluding hydrogens is 160 g/mol. The fourth-order valence-electron chi connectivity index (χ4n) is 1.05. The highest BCUT2D eigenvalue weighted by atomic mass is 16.3. The summed E-state index contributed by atoms with van der Waals surface area (Å²) in [6, 6.07) is 0. The first-order chi connectivity index (χ1) is 5.99. The molecule has 13 heavy (non-hydrogen) atoms. The van der Waals surface area contributed by atoms with Crippen LogP contribution in [-0.2, 0) is 0 Å². The summed E-state index contributed by atoms with van der Waals surface area (Å²) in [5.41, 5.74) is 1.78. The summed E-state index contributed by atoms with van der Waals surface area (Å²) in [5.74, 6) is 0.388. The largest absolute Gasteiger partial charge is 0.508 e. The van der Waals surface area contributed by atoms with E-state index in [9.17, 15) is 5.11 Å². The Morgan fingerprint density at radius 2 is 1.92 bits per heavy atom. The van der Waals surface area contributed by atoms with Crippen molar-refractivity contribution in [2.45, 2.75) is 20.3 Å². The Kier molecular flexibility index (Phi) is 4.90. The minimum Gasteiger partial charge on any atom is -0.508 e. The normalized spacial score (nSPS) is 11.5. The summed E-state index contributed by atoms with van der Waals surface area (Å²) < 4.78 is 0. The molecule has 0 unspecified atom stereocenters. The van der Waals surface area contributed by atoms with Crippen LogP contribution >= 0.6 is 0 Å². The smallest absolute Gasteiger partial charge is 0.111 e. The van der Waals surface area contributed by atoms with E-state index in [1.54, 1.807) is 6.08 Å². The molecule has 0 atom stereocenters. The van der Waals surface area contributed by atoms with Gasteiger partial charge in [-0.1, -0.05) is 44.7 Å². The van der Waals surface area contributed by atoms with Crippen LogP contribution in [0.1, 0.15) is 20.3 Å². The van der Waals surface area contributed by atoms with Crippen LogP contribution in [0.15, 0.2) is 48.8 Å². The van der Waals surface area contributed by atoms with Crippen molar-refractivity contribution in [2.75, 3.05) is 0 Å². The number of aliphatic hydroxyl groups excluding tert-OH is 1. The molecule has 0 bridgehead atoms. The van der Waals surface area contributed by atoms with E-state index in [0.29, 0.717) is 0 Å². The number of hydrogen-bond donors (Lipinski definition) is 1. The average Bonchev–Trinajstić information content (AvgIpc) is 1.99. The summed E-state index contributed by atoms with van der Waals surface area (Å²) in [6.45, 7) is 15.0. The molecule has 72 valence electrons. The molecule has 0 rings (SSSR count). The second kappa shape index (κ2) is 5.41. The Bertz CT molecular complexity index is 244. The lowest BCUT2D eigenvalue weighted by atomic mass is 9.98. The lowest BCUT2D eigenvalue weighted by molar-refractivity contribution is 0.413. The van der Waals surface area contributed by atoms with Gasteiger partial charge >= 0.3 is 0 Å². The highest BCUT2D eigenvalue weighted by Gasteiger charge is 2.05. The lowest BCUT2D eigenvalue weighted by Gasteiger charge is -2.09. The number of aliphatic hydroxyl groups is 1.